The Labute approximate surface area is 277 Å². The van der Waals surface area contributed by atoms with Crippen LogP contribution in [-0.2, 0) is 23.7 Å². The van der Waals surface area contributed by atoms with Crippen LogP contribution in [0.1, 0.15) is 107 Å². The first-order valence-electron chi connectivity index (χ1n) is 18.7. The fraction of sp³-hybridized carbons (Fsp3) is 0.974. The van der Waals surface area contributed by atoms with Gasteiger partial charge in [0.25, 0.3) is 0 Å². The zero-order chi connectivity index (χ0) is 33.1. The molecule has 5 aliphatic carbocycles. The summed E-state index contributed by atoms with van der Waals surface area (Å²) in [6, 6.07) is 0. The van der Waals surface area contributed by atoms with E-state index in [0.717, 1.165) is 51.6 Å². The Bertz CT molecular complexity index is 1180. The van der Waals surface area contributed by atoms with Crippen LogP contribution in [0.25, 0.3) is 0 Å². The molecule has 0 bridgehead atoms. The minimum Gasteiger partial charge on any atom is -0.461 e. The van der Waals surface area contributed by atoms with Gasteiger partial charge in [0.15, 0.2) is 0 Å². The van der Waals surface area contributed by atoms with Crippen molar-refractivity contribution in [2.75, 3.05) is 39.5 Å². The molecule has 262 valence electrons. The van der Waals surface area contributed by atoms with E-state index in [1.165, 1.54) is 12.8 Å². The molecule has 0 aromatic rings. The summed E-state index contributed by atoms with van der Waals surface area (Å²) in [7, 11) is 0. The van der Waals surface area contributed by atoms with Crippen molar-refractivity contribution in [1.82, 2.24) is 4.90 Å². The van der Waals surface area contributed by atoms with Crippen LogP contribution in [0.15, 0.2) is 0 Å². The zero-order valence-corrected chi connectivity index (χ0v) is 30.0. The number of aliphatic hydroxyl groups excluding tert-OH is 1. The highest BCUT2D eigenvalue weighted by molar-refractivity contribution is 5.72. The lowest BCUT2D eigenvalue weighted by atomic mass is 9.41. The summed E-state index contributed by atoms with van der Waals surface area (Å²) in [5, 5.41) is 23.6. The number of esters is 1. The molecule has 2 aliphatic heterocycles. The number of carbonyl (C=O) groups excluding carboxylic acids is 1. The fourth-order valence-electron chi connectivity index (χ4n) is 13.8. The van der Waals surface area contributed by atoms with Crippen molar-refractivity contribution in [3.63, 3.8) is 0 Å². The zero-order valence-electron chi connectivity index (χ0n) is 30.0. The summed E-state index contributed by atoms with van der Waals surface area (Å²) in [6.45, 7) is 21.5. The van der Waals surface area contributed by atoms with E-state index in [4.69, 9.17) is 18.9 Å². The summed E-state index contributed by atoms with van der Waals surface area (Å²) >= 11 is 0. The lowest BCUT2D eigenvalue weighted by Crippen LogP contribution is -2.60. The Morgan fingerprint density at radius 2 is 1.70 bits per heavy atom. The van der Waals surface area contributed by atoms with Crippen LogP contribution in [0, 0.1) is 50.7 Å². The number of fused-ring (bicyclic) bond motifs is 4. The van der Waals surface area contributed by atoms with Gasteiger partial charge in [0.05, 0.1) is 43.7 Å². The molecular weight excluding hydrogens is 582 g/mol. The molecule has 8 heteroatoms. The highest BCUT2D eigenvalue weighted by Crippen LogP contribution is 2.89. The molecule has 2 heterocycles. The van der Waals surface area contributed by atoms with Gasteiger partial charge in [0, 0.05) is 30.5 Å². The number of hydrogen-bond donors (Lipinski definition) is 2. The van der Waals surface area contributed by atoms with Gasteiger partial charge in [-0.15, -0.1) is 0 Å². The lowest BCUT2D eigenvalue weighted by Gasteiger charge is -2.63. The standard InChI is InChI=1S/C38H63NO7/c1-9-44-32(34(5,6)42)24-20-23(2)29-30(45-24)31(41)36(8)26-11-10-25-33(3,4)27(46-28(40)21-39-16-18-43-19-17-39)12-13-37(25)22-38(26,37)15-14-35(29,36)7/h23-27,29-32,41-42H,9-22H2,1-8H3/t23-,24-,25+,26+,27+,29+,30+,31+,32+,35-,36-,37?,38?/m1/s1. The van der Waals surface area contributed by atoms with E-state index in [9.17, 15) is 15.0 Å². The third-order valence-corrected chi connectivity index (χ3v) is 15.9. The molecule has 2 saturated heterocycles. The molecule has 0 amide bonds. The average molecular weight is 646 g/mol. The minimum absolute atomic E-state index is 0.00834. The van der Waals surface area contributed by atoms with Gasteiger partial charge in [-0.3, -0.25) is 9.69 Å². The molecule has 8 nitrogen and oxygen atoms in total. The van der Waals surface area contributed by atoms with Crippen molar-refractivity contribution in [3.05, 3.63) is 0 Å². The Balaban J connectivity index is 1.12. The van der Waals surface area contributed by atoms with Crippen LogP contribution in [0.2, 0.25) is 0 Å². The Hall–Kier alpha value is -0.770. The molecular formula is C38H63NO7. The number of morpholine rings is 1. The molecule has 0 aromatic heterocycles. The van der Waals surface area contributed by atoms with Gasteiger partial charge in [0.2, 0.25) is 0 Å². The molecule has 7 fully saturated rings. The van der Waals surface area contributed by atoms with E-state index in [0.29, 0.717) is 44.1 Å². The SMILES string of the molecule is CCO[C@@H]([C@H]1C[C@@H](C)[C@H]2[C@H](O1)[C@H](O)[C@@]1(C)[C@@H]3CC[C@H]4C(C)(C)[C@@H](OC(=O)CN5CCOCC5)CCC45CC35CC[C@]21C)C(C)(C)O. The molecule has 46 heavy (non-hydrogen) atoms. The molecule has 2 N–H and O–H groups in total. The highest BCUT2D eigenvalue weighted by Gasteiger charge is 2.84. The van der Waals surface area contributed by atoms with E-state index in [1.807, 2.05) is 20.8 Å². The van der Waals surface area contributed by atoms with Gasteiger partial charge in [0.1, 0.15) is 12.2 Å². The largest absolute Gasteiger partial charge is 0.461 e. The second-order valence-corrected chi connectivity index (χ2v) is 18.5. The van der Waals surface area contributed by atoms with Crippen molar-refractivity contribution in [3.8, 4) is 0 Å². The number of rotatable bonds is 7. The average Bonchev–Trinajstić information content (AvgIpc) is 3.62. The van der Waals surface area contributed by atoms with E-state index in [2.05, 4.69) is 39.5 Å². The van der Waals surface area contributed by atoms with E-state index >= 15 is 0 Å². The Morgan fingerprint density at radius 1 is 1.02 bits per heavy atom. The van der Waals surface area contributed by atoms with E-state index in [-0.39, 0.29) is 57.3 Å². The molecule has 2 unspecified atom stereocenters. The minimum atomic E-state index is -1.03. The highest BCUT2D eigenvalue weighted by atomic mass is 16.6. The predicted octanol–water partition coefficient (Wildman–Crippen LogP) is 5.22. The predicted molar refractivity (Wildman–Crippen MR) is 175 cm³/mol. The Morgan fingerprint density at radius 3 is 2.37 bits per heavy atom. The molecule has 13 atom stereocenters. The number of nitrogens with zero attached hydrogens (tertiary/aromatic N) is 1. The van der Waals surface area contributed by atoms with Gasteiger partial charge >= 0.3 is 5.97 Å². The summed E-state index contributed by atoms with van der Waals surface area (Å²) in [4.78, 5) is 15.3. The first-order valence-corrected chi connectivity index (χ1v) is 18.7. The maximum absolute atomic E-state index is 13.1. The smallest absolute Gasteiger partial charge is 0.320 e. The van der Waals surface area contributed by atoms with Gasteiger partial charge < -0.3 is 29.2 Å². The lowest BCUT2D eigenvalue weighted by molar-refractivity contribution is -0.215. The fourth-order valence-corrected chi connectivity index (χ4v) is 13.8. The third kappa shape index (κ3) is 4.55. The van der Waals surface area contributed by atoms with Crippen LogP contribution in [-0.4, -0.2) is 96.7 Å². The topological polar surface area (TPSA) is 97.7 Å². The van der Waals surface area contributed by atoms with E-state index in [1.54, 1.807) is 0 Å². The second kappa shape index (κ2) is 11.1. The van der Waals surface area contributed by atoms with Crippen LogP contribution in [0.4, 0.5) is 0 Å². The number of hydrogen-bond acceptors (Lipinski definition) is 8. The van der Waals surface area contributed by atoms with Crippen molar-refractivity contribution in [1.29, 1.82) is 0 Å². The Kier molecular flexibility index (Phi) is 8.15. The quantitative estimate of drug-likeness (QED) is 0.364. The van der Waals surface area contributed by atoms with E-state index < -0.39 is 17.8 Å². The molecule has 0 aromatic carbocycles. The van der Waals surface area contributed by atoms with Gasteiger partial charge in [-0.25, -0.2) is 0 Å². The molecule has 5 saturated carbocycles. The molecule has 0 radical (unpaired) electrons. The van der Waals surface area contributed by atoms with Crippen LogP contribution < -0.4 is 0 Å². The first-order chi connectivity index (χ1) is 21.6. The normalized spacial score (nSPS) is 50.3. The summed E-state index contributed by atoms with van der Waals surface area (Å²) in [5.41, 5.74) is -0.815. The molecule has 7 rings (SSSR count). The van der Waals surface area contributed by atoms with Gasteiger partial charge in [-0.05, 0) is 112 Å². The number of ether oxygens (including phenoxy) is 4. The summed E-state index contributed by atoms with van der Waals surface area (Å²) in [6.07, 6.45) is 7.28. The summed E-state index contributed by atoms with van der Waals surface area (Å²) in [5.74, 6) is 1.55. The van der Waals surface area contributed by atoms with Gasteiger partial charge in [-0.2, -0.15) is 0 Å². The summed E-state index contributed by atoms with van der Waals surface area (Å²) < 4.78 is 24.8. The first kappa shape index (κ1) is 33.7. The third-order valence-electron chi connectivity index (χ3n) is 15.9. The van der Waals surface area contributed by atoms with Crippen molar-refractivity contribution in [2.45, 2.75) is 143 Å². The van der Waals surface area contributed by atoms with Crippen molar-refractivity contribution in [2.24, 2.45) is 50.7 Å². The monoisotopic (exact) mass is 645 g/mol. The number of aliphatic hydroxyl groups is 2. The van der Waals surface area contributed by atoms with Crippen LogP contribution >= 0.6 is 0 Å². The molecule has 7 aliphatic rings. The maximum atomic E-state index is 13.1. The second-order valence-electron chi connectivity index (χ2n) is 18.5. The van der Waals surface area contributed by atoms with Crippen molar-refractivity contribution >= 4 is 5.97 Å². The van der Waals surface area contributed by atoms with Crippen LogP contribution in [0.3, 0.4) is 0 Å². The molecule has 2 spiro atoms. The van der Waals surface area contributed by atoms with Crippen molar-refractivity contribution < 1.29 is 34.0 Å². The number of carbonyl (C=O) groups is 1. The maximum Gasteiger partial charge on any atom is 0.320 e. The van der Waals surface area contributed by atoms with Crippen LogP contribution in [0.5, 0.6) is 0 Å². The van der Waals surface area contributed by atoms with Gasteiger partial charge in [-0.1, -0.05) is 34.6 Å².